The average molecular weight is 241 g/mol. The zero-order chi connectivity index (χ0) is 12.8. The summed E-state index contributed by atoms with van der Waals surface area (Å²) >= 11 is 0. The molecule has 0 aliphatic rings. The molecule has 1 heterocycles. The lowest BCUT2D eigenvalue weighted by molar-refractivity contribution is 0.0951. The number of nitrogens with one attached hydrogen (secondary N) is 1. The Balaban J connectivity index is 1.99. The van der Waals surface area contributed by atoms with Crippen molar-refractivity contribution in [2.24, 2.45) is 5.73 Å². The molecule has 2 rings (SSSR count). The first-order valence-electron chi connectivity index (χ1n) is 5.75. The van der Waals surface area contributed by atoms with Gasteiger partial charge in [0, 0.05) is 31.0 Å². The molecule has 0 unspecified atom stereocenters. The molecule has 0 aliphatic carbocycles. The average Bonchev–Trinajstić information content (AvgIpc) is 2.46. The molecular weight excluding hydrogens is 226 g/mol. The summed E-state index contributed by atoms with van der Waals surface area (Å²) in [6.07, 6.45) is 3.44. The standard InChI is InChI=1S/C14H15N3O/c15-8-11-3-1-5-13(7-11)14(18)17-10-12-4-2-6-16-9-12/h1-7,9H,8,10,15H2,(H,17,18). The van der Waals surface area contributed by atoms with Crippen molar-refractivity contribution >= 4 is 5.91 Å². The van der Waals surface area contributed by atoms with Gasteiger partial charge in [-0.15, -0.1) is 0 Å². The molecule has 0 fully saturated rings. The Hall–Kier alpha value is -2.20. The molecule has 0 aliphatic heterocycles. The van der Waals surface area contributed by atoms with Gasteiger partial charge >= 0.3 is 0 Å². The van der Waals surface area contributed by atoms with Crippen molar-refractivity contribution in [3.8, 4) is 0 Å². The van der Waals surface area contributed by atoms with Gasteiger partial charge in [-0.3, -0.25) is 9.78 Å². The van der Waals surface area contributed by atoms with Crippen molar-refractivity contribution in [2.75, 3.05) is 0 Å². The van der Waals surface area contributed by atoms with E-state index >= 15 is 0 Å². The molecule has 4 nitrogen and oxygen atoms in total. The number of nitrogens with two attached hydrogens (primary N) is 1. The summed E-state index contributed by atoms with van der Waals surface area (Å²) in [5, 5.41) is 2.85. The number of amides is 1. The van der Waals surface area contributed by atoms with Gasteiger partial charge in [-0.2, -0.15) is 0 Å². The highest BCUT2D eigenvalue weighted by atomic mass is 16.1. The molecule has 1 amide bonds. The molecule has 92 valence electrons. The van der Waals surface area contributed by atoms with Crippen molar-refractivity contribution in [3.05, 3.63) is 65.5 Å². The molecule has 0 atom stereocenters. The van der Waals surface area contributed by atoms with Crippen LogP contribution in [-0.2, 0) is 13.1 Å². The quantitative estimate of drug-likeness (QED) is 0.851. The van der Waals surface area contributed by atoms with E-state index in [1.54, 1.807) is 24.5 Å². The third kappa shape index (κ3) is 3.15. The van der Waals surface area contributed by atoms with Crippen LogP contribution in [0, 0.1) is 0 Å². The van der Waals surface area contributed by atoms with Gasteiger partial charge in [-0.1, -0.05) is 18.2 Å². The van der Waals surface area contributed by atoms with Gasteiger partial charge < -0.3 is 11.1 Å². The van der Waals surface area contributed by atoms with E-state index in [9.17, 15) is 4.79 Å². The van der Waals surface area contributed by atoms with Crippen LogP contribution in [0.1, 0.15) is 21.5 Å². The predicted molar refractivity (Wildman–Crippen MR) is 69.7 cm³/mol. The molecule has 3 N–H and O–H groups in total. The third-order valence-corrected chi connectivity index (χ3v) is 2.60. The fraction of sp³-hybridized carbons (Fsp3) is 0.143. The molecule has 0 spiro atoms. The Morgan fingerprint density at radius 3 is 2.78 bits per heavy atom. The maximum absolute atomic E-state index is 11.9. The number of hydrogen-bond acceptors (Lipinski definition) is 3. The highest BCUT2D eigenvalue weighted by Crippen LogP contribution is 2.05. The van der Waals surface area contributed by atoms with Crippen molar-refractivity contribution in [3.63, 3.8) is 0 Å². The summed E-state index contributed by atoms with van der Waals surface area (Å²) in [7, 11) is 0. The van der Waals surface area contributed by atoms with E-state index in [-0.39, 0.29) is 5.91 Å². The van der Waals surface area contributed by atoms with Gasteiger partial charge in [0.15, 0.2) is 0 Å². The lowest BCUT2D eigenvalue weighted by atomic mass is 10.1. The molecule has 1 aromatic heterocycles. The van der Waals surface area contributed by atoms with Crippen LogP contribution < -0.4 is 11.1 Å². The van der Waals surface area contributed by atoms with Gasteiger partial charge in [0.1, 0.15) is 0 Å². The minimum Gasteiger partial charge on any atom is -0.348 e. The van der Waals surface area contributed by atoms with E-state index < -0.39 is 0 Å². The fourth-order valence-electron chi connectivity index (χ4n) is 1.63. The summed E-state index contributed by atoms with van der Waals surface area (Å²) in [4.78, 5) is 15.9. The second kappa shape index (κ2) is 5.93. The Morgan fingerprint density at radius 2 is 2.06 bits per heavy atom. The van der Waals surface area contributed by atoms with Crippen LogP contribution in [0.4, 0.5) is 0 Å². The summed E-state index contributed by atoms with van der Waals surface area (Å²) < 4.78 is 0. The van der Waals surface area contributed by atoms with Crippen LogP contribution in [0.5, 0.6) is 0 Å². The maximum Gasteiger partial charge on any atom is 0.251 e. The summed E-state index contributed by atoms with van der Waals surface area (Å²) in [5.41, 5.74) is 8.09. The Labute approximate surface area is 106 Å². The van der Waals surface area contributed by atoms with E-state index in [4.69, 9.17) is 5.73 Å². The zero-order valence-electron chi connectivity index (χ0n) is 9.97. The first-order chi connectivity index (χ1) is 8.79. The van der Waals surface area contributed by atoms with Gasteiger partial charge in [0.05, 0.1) is 0 Å². The van der Waals surface area contributed by atoms with E-state index in [0.717, 1.165) is 11.1 Å². The number of nitrogens with zero attached hydrogens (tertiary/aromatic N) is 1. The van der Waals surface area contributed by atoms with Gasteiger partial charge in [0.25, 0.3) is 5.91 Å². The summed E-state index contributed by atoms with van der Waals surface area (Å²) in [6.45, 7) is 0.906. The lowest BCUT2D eigenvalue weighted by Gasteiger charge is -2.06. The Bertz CT molecular complexity index is 526. The smallest absolute Gasteiger partial charge is 0.251 e. The normalized spacial score (nSPS) is 10.1. The van der Waals surface area contributed by atoms with Crippen molar-refractivity contribution < 1.29 is 4.79 Å². The van der Waals surface area contributed by atoms with E-state index in [0.29, 0.717) is 18.7 Å². The Kier molecular flexibility index (Phi) is 4.04. The van der Waals surface area contributed by atoms with Crippen LogP contribution in [0.15, 0.2) is 48.8 Å². The third-order valence-electron chi connectivity index (χ3n) is 2.60. The second-order valence-electron chi connectivity index (χ2n) is 3.95. The highest BCUT2D eigenvalue weighted by Gasteiger charge is 2.05. The van der Waals surface area contributed by atoms with Crippen LogP contribution in [0.25, 0.3) is 0 Å². The number of hydrogen-bond donors (Lipinski definition) is 2. The number of aromatic nitrogens is 1. The number of pyridine rings is 1. The van der Waals surface area contributed by atoms with Crippen LogP contribution >= 0.6 is 0 Å². The molecule has 18 heavy (non-hydrogen) atoms. The first kappa shape index (κ1) is 12.3. The minimum atomic E-state index is -0.103. The number of carbonyl (C=O) groups is 1. The monoisotopic (exact) mass is 241 g/mol. The molecule has 1 aromatic carbocycles. The molecule has 0 saturated heterocycles. The van der Waals surface area contributed by atoms with Crippen LogP contribution in [0.2, 0.25) is 0 Å². The molecule has 0 bridgehead atoms. The Morgan fingerprint density at radius 1 is 1.22 bits per heavy atom. The van der Waals surface area contributed by atoms with Crippen LogP contribution in [0.3, 0.4) is 0 Å². The first-order valence-corrected chi connectivity index (χ1v) is 5.75. The predicted octanol–water partition coefficient (Wildman–Crippen LogP) is 1.47. The summed E-state index contributed by atoms with van der Waals surface area (Å²) in [6, 6.07) is 11.1. The summed E-state index contributed by atoms with van der Waals surface area (Å²) in [5.74, 6) is -0.103. The molecule has 0 radical (unpaired) electrons. The molecule has 4 heteroatoms. The van der Waals surface area contributed by atoms with Crippen molar-refractivity contribution in [1.29, 1.82) is 0 Å². The molecule has 2 aromatic rings. The fourth-order valence-corrected chi connectivity index (χ4v) is 1.63. The van der Waals surface area contributed by atoms with E-state index in [1.165, 1.54) is 0 Å². The topological polar surface area (TPSA) is 68.0 Å². The van der Waals surface area contributed by atoms with E-state index in [2.05, 4.69) is 10.3 Å². The lowest BCUT2D eigenvalue weighted by Crippen LogP contribution is -2.23. The van der Waals surface area contributed by atoms with Gasteiger partial charge in [0.2, 0.25) is 0 Å². The number of benzene rings is 1. The number of rotatable bonds is 4. The molecule has 0 saturated carbocycles. The van der Waals surface area contributed by atoms with Crippen LogP contribution in [-0.4, -0.2) is 10.9 Å². The van der Waals surface area contributed by atoms with Gasteiger partial charge in [-0.25, -0.2) is 0 Å². The highest BCUT2D eigenvalue weighted by molar-refractivity contribution is 5.94. The van der Waals surface area contributed by atoms with Crippen molar-refractivity contribution in [2.45, 2.75) is 13.1 Å². The number of carbonyl (C=O) groups excluding carboxylic acids is 1. The zero-order valence-corrected chi connectivity index (χ0v) is 9.97. The molecular formula is C14H15N3O. The van der Waals surface area contributed by atoms with Crippen molar-refractivity contribution in [1.82, 2.24) is 10.3 Å². The minimum absolute atomic E-state index is 0.103. The maximum atomic E-state index is 11.9. The van der Waals surface area contributed by atoms with Gasteiger partial charge in [-0.05, 0) is 29.3 Å². The SMILES string of the molecule is NCc1cccc(C(=O)NCc2cccnc2)c1. The van der Waals surface area contributed by atoms with E-state index in [1.807, 2.05) is 24.3 Å². The largest absolute Gasteiger partial charge is 0.348 e. The second-order valence-corrected chi connectivity index (χ2v) is 3.95.